The van der Waals surface area contributed by atoms with Gasteiger partial charge in [-0.1, -0.05) is 35.3 Å². The van der Waals surface area contributed by atoms with E-state index in [1.807, 2.05) is 12.1 Å². The van der Waals surface area contributed by atoms with Crippen LogP contribution >= 0.6 is 23.2 Å². The van der Waals surface area contributed by atoms with E-state index in [0.29, 0.717) is 28.0 Å². The Balaban J connectivity index is 1.82. The van der Waals surface area contributed by atoms with Gasteiger partial charge in [0.05, 0.1) is 18.0 Å². The average molecular weight is 325 g/mol. The number of hydrogen-bond donors (Lipinski definition) is 2. The van der Waals surface area contributed by atoms with Gasteiger partial charge >= 0.3 is 0 Å². The summed E-state index contributed by atoms with van der Waals surface area (Å²) in [5.74, 6) is -0.294. The fourth-order valence-electron chi connectivity index (χ4n) is 1.67. The van der Waals surface area contributed by atoms with E-state index in [9.17, 15) is 4.79 Å². The highest BCUT2D eigenvalue weighted by molar-refractivity contribution is 6.31. The molecule has 0 bridgehead atoms. The van der Waals surface area contributed by atoms with Gasteiger partial charge < -0.3 is 15.8 Å². The molecule has 6 heteroatoms. The highest BCUT2D eigenvalue weighted by Crippen LogP contribution is 2.22. The second kappa shape index (κ2) is 7.31. The number of hydrogen-bond acceptors (Lipinski definition) is 3. The van der Waals surface area contributed by atoms with Crippen molar-refractivity contribution < 1.29 is 9.53 Å². The van der Waals surface area contributed by atoms with Crippen molar-refractivity contribution in [3.8, 4) is 0 Å². The van der Waals surface area contributed by atoms with E-state index in [2.05, 4.69) is 5.32 Å². The number of carbonyl (C=O) groups excluding carboxylic acids is 1. The average Bonchev–Trinajstić information content (AvgIpc) is 2.45. The molecule has 110 valence electrons. The zero-order valence-corrected chi connectivity index (χ0v) is 12.6. The third-order valence-corrected chi connectivity index (χ3v) is 3.19. The van der Waals surface area contributed by atoms with Crippen molar-refractivity contribution in [2.45, 2.75) is 6.61 Å². The molecule has 0 spiro atoms. The summed E-state index contributed by atoms with van der Waals surface area (Å²) in [4.78, 5) is 11.8. The summed E-state index contributed by atoms with van der Waals surface area (Å²) >= 11 is 11.6. The van der Waals surface area contributed by atoms with Gasteiger partial charge in [0, 0.05) is 10.0 Å². The molecule has 0 aliphatic heterocycles. The summed E-state index contributed by atoms with van der Waals surface area (Å²) in [5.41, 5.74) is 7.61. The van der Waals surface area contributed by atoms with Crippen LogP contribution in [0.3, 0.4) is 0 Å². The Morgan fingerprint density at radius 1 is 1.10 bits per heavy atom. The highest BCUT2D eigenvalue weighted by Gasteiger charge is 2.06. The third-order valence-electron chi connectivity index (χ3n) is 2.70. The number of amides is 1. The molecule has 0 heterocycles. The first-order chi connectivity index (χ1) is 10.0. The lowest BCUT2D eigenvalue weighted by molar-refractivity contribution is -0.121. The molecule has 0 unspecified atom stereocenters. The van der Waals surface area contributed by atoms with Gasteiger partial charge in [0.15, 0.2) is 0 Å². The van der Waals surface area contributed by atoms with Gasteiger partial charge in [-0.15, -0.1) is 0 Å². The van der Waals surface area contributed by atoms with E-state index in [-0.39, 0.29) is 12.5 Å². The summed E-state index contributed by atoms with van der Waals surface area (Å²) < 4.78 is 5.33. The maximum atomic E-state index is 11.8. The lowest BCUT2D eigenvalue weighted by Crippen LogP contribution is -2.19. The number of rotatable bonds is 5. The van der Waals surface area contributed by atoms with Crippen LogP contribution in [0.5, 0.6) is 0 Å². The molecule has 0 aliphatic carbocycles. The number of anilines is 2. The van der Waals surface area contributed by atoms with E-state index in [4.69, 9.17) is 33.7 Å². The van der Waals surface area contributed by atoms with Crippen molar-refractivity contribution in [1.82, 2.24) is 0 Å². The predicted molar refractivity (Wildman–Crippen MR) is 85.6 cm³/mol. The van der Waals surface area contributed by atoms with E-state index in [1.54, 1.807) is 30.3 Å². The summed E-state index contributed by atoms with van der Waals surface area (Å²) in [6, 6.07) is 12.1. The molecule has 0 fully saturated rings. The lowest BCUT2D eigenvalue weighted by Gasteiger charge is -2.09. The fraction of sp³-hybridized carbons (Fsp3) is 0.133. The van der Waals surface area contributed by atoms with Crippen molar-refractivity contribution in [3.63, 3.8) is 0 Å². The Hall–Kier alpha value is -1.75. The second-order valence-corrected chi connectivity index (χ2v) is 5.27. The van der Waals surface area contributed by atoms with Crippen LogP contribution in [0.15, 0.2) is 42.5 Å². The molecule has 0 saturated carbocycles. The first-order valence-corrected chi connectivity index (χ1v) is 6.97. The zero-order valence-electron chi connectivity index (χ0n) is 11.1. The topological polar surface area (TPSA) is 64.3 Å². The number of nitrogens with one attached hydrogen (secondary N) is 1. The molecular weight excluding hydrogens is 311 g/mol. The van der Waals surface area contributed by atoms with Gasteiger partial charge in [0.25, 0.3) is 0 Å². The molecular formula is C15H14Cl2N2O2. The maximum absolute atomic E-state index is 11.8. The monoisotopic (exact) mass is 324 g/mol. The van der Waals surface area contributed by atoms with Crippen LogP contribution < -0.4 is 11.1 Å². The quantitative estimate of drug-likeness (QED) is 0.823. The van der Waals surface area contributed by atoms with Crippen LogP contribution in [0.2, 0.25) is 10.0 Å². The number of nitrogens with two attached hydrogens (primary N) is 1. The first kappa shape index (κ1) is 15.6. The molecule has 4 nitrogen and oxygen atoms in total. The van der Waals surface area contributed by atoms with E-state index in [0.717, 1.165) is 5.56 Å². The molecule has 1 amide bonds. The molecule has 0 aliphatic rings. The first-order valence-electron chi connectivity index (χ1n) is 6.21. The van der Waals surface area contributed by atoms with Crippen molar-refractivity contribution in [3.05, 3.63) is 58.1 Å². The molecule has 0 radical (unpaired) electrons. The summed E-state index contributed by atoms with van der Waals surface area (Å²) in [6.45, 7) is 0.254. The third kappa shape index (κ3) is 4.93. The van der Waals surface area contributed by atoms with Crippen LogP contribution in [0, 0.1) is 0 Å². The molecule has 2 rings (SSSR count). The Labute approximate surface area is 132 Å². The van der Waals surface area contributed by atoms with Crippen molar-refractivity contribution >= 4 is 40.5 Å². The molecule has 21 heavy (non-hydrogen) atoms. The SMILES string of the molecule is Nc1ccc(Cl)cc1NC(=O)COCc1ccc(Cl)cc1. The normalized spacial score (nSPS) is 10.4. The maximum Gasteiger partial charge on any atom is 0.250 e. The van der Waals surface area contributed by atoms with Crippen LogP contribution in [-0.4, -0.2) is 12.5 Å². The van der Waals surface area contributed by atoms with E-state index >= 15 is 0 Å². The Kier molecular flexibility index (Phi) is 5.44. The van der Waals surface area contributed by atoms with Gasteiger partial charge in [0.1, 0.15) is 6.61 Å². The van der Waals surface area contributed by atoms with Crippen molar-refractivity contribution in [2.24, 2.45) is 0 Å². The predicted octanol–water partition coefficient (Wildman–Crippen LogP) is 3.73. The summed E-state index contributed by atoms with van der Waals surface area (Å²) in [6.07, 6.45) is 0. The molecule has 0 saturated heterocycles. The molecule has 0 aromatic heterocycles. The highest BCUT2D eigenvalue weighted by atomic mass is 35.5. The Bertz CT molecular complexity index is 630. The minimum Gasteiger partial charge on any atom is -0.397 e. The molecule has 2 aromatic carbocycles. The van der Waals surface area contributed by atoms with Crippen LogP contribution in [0.25, 0.3) is 0 Å². The van der Waals surface area contributed by atoms with Gasteiger partial charge in [-0.2, -0.15) is 0 Å². The van der Waals surface area contributed by atoms with Crippen LogP contribution in [0.4, 0.5) is 11.4 Å². The van der Waals surface area contributed by atoms with Crippen molar-refractivity contribution in [2.75, 3.05) is 17.7 Å². The number of halogens is 2. The van der Waals surface area contributed by atoms with Crippen LogP contribution in [0.1, 0.15) is 5.56 Å². The largest absolute Gasteiger partial charge is 0.397 e. The smallest absolute Gasteiger partial charge is 0.250 e. The minimum atomic E-state index is -0.294. The number of carbonyl (C=O) groups is 1. The van der Waals surface area contributed by atoms with E-state index < -0.39 is 0 Å². The minimum absolute atomic E-state index is 0.0748. The summed E-state index contributed by atoms with van der Waals surface area (Å²) in [5, 5.41) is 3.81. The zero-order chi connectivity index (χ0) is 15.2. The summed E-state index contributed by atoms with van der Waals surface area (Å²) in [7, 11) is 0. The Morgan fingerprint density at radius 2 is 1.76 bits per heavy atom. The lowest BCUT2D eigenvalue weighted by atomic mass is 10.2. The van der Waals surface area contributed by atoms with Gasteiger partial charge in [0.2, 0.25) is 5.91 Å². The van der Waals surface area contributed by atoms with Gasteiger partial charge in [-0.05, 0) is 35.9 Å². The fourth-order valence-corrected chi connectivity index (χ4v) is 1.96. The van der Waals surface area contributed by atoms with E-state index in [1.165, 1.54) is 0 Å². The molecule has 3 N–H and O–H groups in total. The molecule has 2 aromatic rings. The van der Waals surface area contributed by atoms with Gasteiger partial charge in [-0.3, -0.25) is 4.79 Å². The molecule has 0 atom stereocenters. The standard InChI is InChI=1S/C15H14Cl2N2O2/c16-11-3-1-10(2-4-11)8-21-9-15(20)19-14-7-12(17)5-6-13(14)18/h1-7H,8-9,18H2,(H,19,20). The second-order valence-electron chi connectivity index (χ2n) is 4.40. The number of nitrogen functional groups attached to an aromatic ring is 1. The Morgan fingerprint density at radius 3 is 2.48 bits per heavy atom. The van der Waals surface area contributed by atoms with Gasteiger partial charge in [-0.25, -0.2) is 0 Å². The van der Waals surface area contributed by atoms with Crippen LogP contribution in [-0.2, 0) is 16.1 Å². The van der Waals surface area contributed by atoms with Crippen molar-refractivity contribution in [1.29, 1.82) is 0 Å². The number of ether oxygens (including phenoxy) is 1. The number of benzene rings is 2.